The van der Waals surface area contributed by atoms with E-state index in [4.69, 9.17) is 9.47 Å². The minimum atomic E-state index is -3.48. The summed E-state index contributed by atoms with van der Waals surface area (Å²) < 4.78 is 38.5. The van der Waals surface area contributed by atoms with Crippen molar-refractivity contribution in [3.8, 4) is 11.5 Å². The molecule has 136 valence electrons. The molecule has 0 bridgehead atoms. The second-order valence-corrected chi connectivity index (χ2v) is 7.91. The molecule has 0 amide bonds. The van der Waals surface area contributed by atoms with Gasteiger partial charge in [-0.25, -0.2) is 8.42 Å². The summed E-state index contributed by atoms with van der Waals surface area (Å²) in [5.41, 5.74) is 0. The molecule has 0 radical (unpaired) electrons. The normalized spacial score (nSPS) is 23.6. The SMILES string of the molecule is CCOc1ccc(S(=O)(=O)N2C[C@H]3CNC[C@H]3C2)cc1OCC.Cl. The van der Waals surface area contributed by atoms with E-state index in [2.05, 4.69) is 5.32 Å². The molecule has 0 spiro atoms. The molecule has 8 heteroatoms. The number of hydrogen-bond acceptors (Lipinski definition) is 5. The molecule has 0 saturated carbocycles. The fourth-order valence-corrected chi connectivity index (χ4v) is 4.92. The Morgan fingerprint density at radius 1 is 1.08 bits per heavy atom. The second-order valence-electron chi connectivity index (χ2n) is 5.97. The second kappa shape index (κ2) is 7.91. The van der Waals surface area contributed by atoms with Crippen molar-refractivity contribution in [3.05, 3.63) is 18.2 Å². The van der Waals surface area contributed by atoms with Gasteiger partial charge in [0.25, 0.3) is 0 Å². The molecule has 24 heavy (non-hydrogen) atoms. The van der Waals surface area contributed by atoms with Gasteiger partial charge < -0.3 is 14.8 Å². The predicted molar refractivity (Wildman–Crippen MR) is 94.6 cm³/mol. The fourth-order valence-electron chi connectivity index (χ4n) is 3.35. The van der Waals surface area contributed by atoms with Crippen molar-refractivity contribution in [1.82, 2.24) is 9.62 Å². The van der Waals surface area contributed by atoms with Crippen molar-refractivity contribution in [2.24, 2.45) is 11.8 Å². The highest BCUT2D eigenvalue weighted by molar-refractivity contribution is 7.89. The Bertz CT molecular complexity index is 656. The van der Waals surface area contributed by atoms with Crippen LogP contribution in [0.1, 0.15) is 13.8 Å². The third kappa shape index (κ3) is 3.64. The maximum absolute atomic E-state index is 12.9. The summed E-state index contributed by atoms with van der Waals surface area (Å²) in [6.07, 6.45) is 0. The Morgan fingerprint density at radius 2 is 1.67 bits per heavy atom. The van der Waals surface area contributed by atoms with E-state index in [1.165, 1.54) is 0 Å². The number of rotatable bonds is 6. The number of fused-ring (bicyclic) bond motifs is 1. The largest absolute Gasteiger partial charge is 0.490 e. The van der Waals surface area contributed by atoms with E-state index in [1.54, 1.807) is 22.5 Å². The van der Waals surface area contributed by atoms with Gasteiger partial charge in [-0.1, -0.05) is 0 Å². The van der Waals surface area contributed by atoms with Crippen molar-refractivity contribution in [2.45, 2.75) is 18.7 Å². The monoisotopic (exact) mass is 376 g/mol. The summed E-state index contributed by atoms with van der Waals surface area (Å²) >= 11 is 0. The molecule has 1 aromatic rings. The predicted octanol–water partition coefficient (Wildman–Crippen LogP) is 1.75. The smallest absolute Gasteiger partial charge is 0.243 e. The topological polar surface area (TPSA) is 67.9 Å². The van der Waals surface area contributed by atoms with Gasteiger partial charge in [-0.15, -0.1) is 12.4 Å². The van der Waals surface area contributed by atoms with Gasteiger partial charge in [0.2, 0.25) is 10.0 Å². The van der Waals surface area contributed by atoms with Gasteiger partial charge >= 0.3 is 0 Å². The lowest BCUT2D eigenvalue weighted by molar-refractivity contribution is 0.287. The van der Waals surface area contributed by atoms with Crippen molar-refractivity contribution in [3.63, 3.8) is 0 Å². The molecular formula is C16H25ClN2O4S. The molecule has 2 saturated heterocycles. The summed E-state index contributed by atoms with van der Waals surface area (Å²) in [6, 6.07) is 4.87. The van der Waals surface area contributed by atoms with Gasteiger partial charge in [0.1, 0.15) is 0 Å². The minimum Gasteiger partial charge on any atom is -0.490 e. The Morgan fingerprint density at radius 3 is 2.25 bits per heavy atom. The van der Waals surface area contributed by atoms with Crippen LogP contribution in [0.5, 0.6) is 11.5 Å². The Kier molecular flexibility index (Phi) is 6.36. The summed E-state index contributed by atoms with van der Waals surface area (Å²) in [6.45, 7) is 7.73. The molecule has 0 aliphatic carbocycles. The fraction of sp³-hybridized carbons (Fsp3) is 0.625. The van der Waals surface area contributed by atoms with E-state index >= 15 is 0 Å². The highest BCUT2D eigenvalue weighted by Crippen LogP contribution is 2.34. The first-order valence-electron chi connectivity index (χ1n) is 8.16. The molecule has 2 atom stereocenters. The average Bonchev–Trinajstić information content (AvgIpc) is 3.11. The van der Waals surface area contributed by atoms with Gasteiger partial charge in [0.05, 0.1) is 18.1 Å². The van der Waals surface area contributed by atoms with Crippen molar-refractivity contribution in [1.29, 1.82) is 0 Å². The van der Waals surface area contributed by atoms with Gasteiger partial charge in [0.15, 0.2) is 11.5 Å². The lowest BCUT2D eigenvalue weighted by Gasteiger charge is -2.19. The van der Waals surface area contributed by atoms with Crippen LogP contribution < -0.4 is 14.8 Å². The van der Waals surface area contributed by atoms with Crippen LogP contribution in [-0.2, 0) is 10.0 Å². The van der Waals surface area contributed by atoms with Gasteiger partial charge in [-0.2, -0.15) is 4.31 Å². The highest BCUT2D eigenvalue weighted by Gasteiger charge is 2.41. The van der Waals surface area contributed by atoms with Crippen LogP contribution in [0.4, 0.5) is 0 Å². The zero-order chi connectivity index (χ0) is 16.4. The molecule has 2 heterocycles. The van der Waals surface area contributed by atoms with Crippen LogP contribution >= 0.6 is 12.4 Å². The molecule has 2 aliphatic rings. The third-order valence-corrected chi connectivity index (χ3v) is 6.34. The molecule has 6 nitrogen and oxygen atoms in total. The van der Waals surface area contributed by atoms with Gasteiger partial charge in [0, 0.05) is 19.2 Å². The van der Waals surface area contributed by atoms with E-state index in [0.29, 0.717) is 49.6 Å². The van der Waals surface area contributed by atoms with E-state index < -0.39 is 10.0 Å². The molecule has 0 aromatic heterocycles. The van der Waals surface area contributed by atoms with Crippen molar-refractivity contribution in [2.75, 3.05) is 39.4 Å². The number of nitrogens with zero attached hydrogens (tertiary/aromatic N) is 1. The maximum Gasteiger partial charge on any atom is 0.243 e. The van der Waals surface area contributed by atoms with E-state index in [-0.39, 0.29) is 17.3 Å². The number of halogens is 1. The number of ether oxygens (including phenoxy) is 2. The Hall–Kier alpha value is -1.02. The van der Waals surface area contributed by atoms with Crippen molar-refractivity contribution < 1.29 is 17.9 Å². The number of sulfonamides is 1. The summed E-state index contributed by atoms with van der Waals surface area (Å²) in [5, 5.41) is 3.33. The van der Waals surface area contributed by atoms with E-state index in [9.17, 15) is 8.42 Å². The van der Waals surface area contributed by atoms with Gasteiger partial charge in [-0.05, 0) is 50.9 Å². The first-order chi connectivity index (χ1) is 11.1. The Labute approximate surface area is 150 Å². The molecule has 2 aliphatic heterocycles. The lowest BCUT2D eigenvalue weighted by atomic mass is 10.0. The van der Waals surface area contributed by atoms with Crippen LogP contribution in [0.15, 0.2) is 23.1 Å². The van der Waals surface area contributed by atoms with Gasteiger partial charge in [-0.3, -0.25) is 0 Å². The molecule has 1 aromatic carbocycles. The number of benzene rings is 1. The minimum absolute atomic E-state index is 0. The van der Waals surface area contributed by atoms with Crippen LogP contribution in [0.3, 0.4) is 0 Å². The third-order valence-electron chi connectivity index (χ3n) is 4.51. The van der Waals surface area contributed by atoms with Crippen LogP contribution in [0.25, 0.3) is 0 Å². The van der Waals surface area contributed by atoms with E-state index in [0.717, 1.165) is 13.1 Å². The van der Waals surface area contributed by atoms with E-state index in [1.807, 2.05) is 13.8 Å². The molecule has 3 rings (SSSR count). The van der Waals surface area contributed by atoms with Crippen LogP contribution in [0.2, 0.25) is 0 Å². The quantitative estimate of drug-likeness (QED) is 0.819. The molecule has 2 fully saturated rings. The molecular weight excluding hydrogens is 352 g/mol. The molecule has 1 N–H and O–H groups in total. The summed E-state index contributed by atoms with van der Waals surface area (Å²) in [7, 11) is -3.48. The van der Waals surface area contributed by atoms with Crippen LogP contribution in [-0.4, -0.2) is 52.1 Å². The lowest BCUT2D eigenvalue weighted by Crippen LogP contribution is -2.32. The zero-order valence-electron chi connectivity index (χ0n) is 14.0. The summed E-state index contributed by atoms with van der Waals surface area (Å²) in [4.78, 5) is 0.275. The first kappa shape index (κ1) is 19.3. The standard InChI is InChI=1S/C16H24N2O4S.ClH/c1-3-21-15-6-5-14(7-16(15)22-4-2)23(19,20)18-10-12-8-17-9-13(12)11-18;/h5-7,12-13,17H,3-4,8-11H2,1-2H3;1H/t12-,13+;. The summed E-state index contributed by atoms with van der Waals surface area (Å²) in [5.74, 6) is 1.92. The number of nitrogens with one attached hydrogen (secondary N) is 1. The van der Waals surface area contributed by atoms with Crippen molar-refractivity contribution >= 4 is 22.4 Å². The zero-order valence-corrected chi connectivity index (χ0v) is 15.7. The Balaban J connectivity index is 0.00000208. The molecule has 0 unspecified atom stereocenters. The number of hydrogen-bond donors (Lipinski definition) is 1. The average molecular weight is 377 g/mol. The maximum atomic E-state index is 12.9. The van der Waals surface area contributed by atoms with Crippen LogP contribution in [0, 0.1) is 11.8 Å². The first-order valence-corrected chi connectivity index (χ1v) is 9.60. The highest BCUT2D eigenvalue weighted by atomic mass is 35.5.